The van der Waals surface area contributed by atoms with Crippen LogP contribution in [0.3, 0.4) is 0 Å². The van der Waals surface area contributed by atoms with Gasteiger partial charge in [0.1, 0.15) is 0 Å². The van der Waals surface area contributed by atoms with E-state index in [0.717, 1.165) is 12.8 Å². The minimum atomic E-state index is -0.924. The summed E-state index contributed by atoms with van der Waals surface area (Å²) in [4.78, 5) is 22.0. The molecule has 0 saturated heterocycles. The molecule has 0 aromatic carbocycles. The van der Waals surface area contributed by atoms with Gasteiger partial charge in [0.05, 0.1) is 18.6 Å². The highest BCUT2D eigenvalue weighted by molar-refractivity contribution is 5.75. The van der Waals surface area contributed by atoms with Crippen molar-refractivity contribution in [1.82, 2.24) is 10.6 Å². The summed E-state index contributed by atoms with van der Waals surface area (Å²) < 4.78 is 4.98. The lowest BCUT2D eigenvalue weighted by Crippen LogP contribution is -2.45. The van der Waals surface area contributed by atoms with E-state index in [1.54, 1.807) is 14.0 Å². The Balaban J connectivity index is 3.92. The van der Waals surface area contributed by atoms with Crippen LogP contribution in [0.25, 0.3) is 0 Å². The highest BCUT2D eigenvalue weighted by Gasteiger charge is 2.14. The fourth-order valence-corrected chi connectivity index (χ4v) is 1.32. The van der Waals surface area contributed by atoms with Gasteiger partial charge in [-0.1, -0.05) is 20.3 Å². The number of rotatable bonds is 8. The zero-order chi connectivity index (χ0) is 13.3. The molecule has 100 valence electrons. The van der Waals surface area contributed by atoms with E-state index in [9.17, 15) is 9.59 Å². The smallest absolute Gasteiger partial charge is 0.315 e. The summed E-state index contributed by atoms with van der Waals surface area (Å²) >= 11 is 0. The summed E-state index contributed by atoms with van der Waals surface area (Å²) in [6.07, 6.45) is 1.77. The summed E-state index contributed by atoms with van der Waals surface area (Å²) in [5, 5.41) is 13.9. The Morgan fingerprint density at radius 1 is 1.41 bits per heavy atom. The van der Waals surface area contributed by atoms with Crippen LogP contribution in [0.1, 0.15) is 26.7 Å². The Hall–Kier alpha value is -1.30. The maximum atomic E-state index is 11.5. The molecule has 0 aliphatic carbocycles. The van der Waals surface area contributed by atoms with Gasteiger partial charge in [0, 0.05) is 13.7 Å². The first kappa shape index (κ1) is 15.7. The predicted molar refractivity (Wildman–Crippen MR) is 63.9 cm³/mol. The second kappa shape index (κ2) is 8.81. The van der Waals surface area contributed by atoms with Crippen molar-refractivity contribution in [3.63, 3.8) is 0 Å². The fourth-order valence-electron chi connectivity index (χ4n) is 1.32. The molecular weight excluding hydrogens is 224 g/mol. The lowest BCUT2D eigenvalue weighted by molar-refractivity contribution is -0.140. The van der Waals surface area contributed by atoms with Gasteiger partial charge in [0.2, 0.25) is 0 Å². The van der Waals surface area contributed by atoms with Gasteiger partial charge in [-0.25, -0.2) is 4.79 Å². The van der Waals surface area contributed by atoms with Gasteiger partial charge in [-0.2, -0.15) is 0 Å². The summed E-state index contributed by atoms with van der Waals surface area (Å²) in [5.74, 6) is -1.51. The quantitative estimate of drug-likeness (QED) is 0.591. The largest absolute Gasteiger partial charge is 0.481 e. The molecule has 0 aromatic heterocycles. The predicted octanol–water partition coefficient (Wildman–Crippen LogP) is 0.821. The van der Waals surface area contributed by atoms with Gasteiger partial charge in [-0.05, 0) is 6.42 Å². The Morgan fingerprint density at radius 3 is 2.53 bits per heavy atom. The van der Waals surface area contributed by atoms with E-state index in [4.69, 9.17) is 9.84 Å². The van der Waals surface area contributed by atoms with E-state index in [-0.39, 0.29) is 18.6 Å². The maximum absolute atomic E-state index is 11.5. The first-order chi connectivity index (χ1) is 8.01. The summed E-state index contributed by atoms with van der Waals surface area (Å²) in [6, 6.07) is -0.390. The van der Waals surface area contributed by atoms with Crippen LogP contribution in [0.5, 0.6) is 0 Å². The molecule has 2 unspecified atom stereocenters. The van der Waals surface area contributed by atoms with Crippen molar-refractivity contribution in [2.45, 2.75) is 32.7 Å². The second-order valence-electron chi connectivity index (χ2n) is 4.03. The molecule has 3 N–H and O–H groups in total. The number of ether oxygens (including phenoxy) is 1. The van der Waals surface area contributed by atoms with Crippen molar-refractivity contribution in [2.75, 3.05) is 20.3 Å². The number of nitrogens with one attached hydrogen (secondary N) is 2. The Kier molecular flexibility index (Phi) is 8.13. The third kappa shape index (κ3) is 7.57. The standard InChI is InChI=1S/C11H22N2O4/c1-4-5-9(7-17-3)13-11(16)12-6-8(2)10(14)15/h8-9H,4-7H2,1-3H3,(H,14,15)(H2,12,13,16). The molecule has 0 radical (unpaired) electrons. The maximum Gasteiger partial charge on any atom is 0.315 e. The lowest BCUT2D eigenvalue weighted by Gasteiger charge is -2.18. The van der Waals surface area contributed by atoms with E-state index >= 15 is 0 Å². The first-order valence-corrected chi connectivity index (χ1v) is 5.77. The van der Waals surface area contributed by atoms with Crippen LogP contribution in [0.2, 0.25) is 0 Å². The number of carboxylic acid groups (broad SMARTS) is 1. The minimum Gasteiger partial charge on any atom is -0.481 e. The van der Waals surface area contributed by atoms with Crippen LogP contribution < -0.4 is 10.6 Å². The Bertz CT molecular complexity index is 240. The molecular formula is C11H22N2O4. The number of hydrogen-bond acceptors (Lipinski definition) is 3. The molecule has 6 heteroatoms. The number of amides is 2. The monoisotopic (exact) mass is 246 g/mol. The van der Waals surface area contributed by atoms with Crippen molar-refractivity contribution >= 4 is 12.0 Å². The number of carbonyl (C=O) groups excluding carboxylic acids is 1. The molecule has 0 fully saturated rings. The molecule has 0 heterocycles. The van der Waals surface area contributed by atoms with E-state index in [1.807, 2.05) is 6.92 Å². The fraction of sp³-hybridized carbons (Fsp3) is 0.818. The van der Waals surface area contributed by atoms with Crippen molar-refractivity contribution in [3.05, 3.63) is 0 Å². The lowest BCUT2D eigenvalue weighted by atomic mass is 10.2. The molecule has 0 rings (SSSR count). The summed E-state index contributed by atoms with van der Waals surface area (Å²) in [7, 11) is 1.58. The topological polar surface area (TPSA) is 87.7 Å². The van der Waals surface area contributed by atoms with Gasteiger partial charge in [-0.15, -0.1) is 0 Å². The summed E-state index contributed by atoms with van der Waals surface area (Å²) in [5.41, 5.74) is 0. The molecule has 0 aliphatic rings. The number of aliphatic carboxylic acids is 1. The van der Waals surface area contributed by atoms with Crippen molar-refractivity contribution < 1.29 is 19.4 Å². The third-order valence-corrected chi connectivity index (χ3v) is 2.33. The number of urea groups is 1. The van der Waals surface area contributed by atoms with Crippen LogP contribution in [0.4, 0.5) is 4.79 Å². The van der Waals surface area contributed by atoms with Crippen LogP contribution >= 0.6 is 0 Å². The first-order valence-electron chi connectivity index (χ1n) is 5.77. The van der Waals surface area contributed by atoms with Gasteiger partial charge in [0.25, 0.3) is 0 Å². The summed E-state index contributed by atoms with van der Waals surface area (Å²) in [6.45, 7) is 4.14. The molecule has 0 saturated carbocycles. The van der Waals surface area contributed by atoms with Gasteiger partial charge >= 0.3 is 12.0 Å². The van der Waals surface area contributed by atoms with E-state index in [0.29, 0.717) is 6.61 Å². The molecule has 2 amide bonds. The zero-order valence-corrected chi connectivity index (χ0v) is 10.7. The van der Waals surface area contributed by atoms with Crippen molar-refractivity contribution in [3.8, 4) is 0 Å². The van der Waals surface area contributed by atoms with Crippen molar-refractivity contribution in [2.24, 2.45) is 5.92 Å². The Labute approximate surface area is 102 Å². The molecule has 2 atom stereocenters. The number of carboxylic acids is 1. The number of hydrogen-bond donors (Lipinski definition) is 3. The number of methoxy groups -OCH3 is 1. The van der Waals surface area contributed by atoms with Gasteiger partial charge in [0.15, 0.2) is 0 Å². The number of carbonyl (C=O) groups is 2. The van der Waals surface area contributed by atoms with E-state index < -0.39 is 11.9 Å². The average molecular weight is 246 g/mol. The van der Waals surface area contributed by atoms with Gasteiger partial charge < -0.3 is 20.5 Å². The highest BCUT2D eigenvalue weighted by Crippen LogP contribution is 1.97. The van der Waals surface area contributed by atoms with Gasteiger partial charge in [-0.3, -0.25) is 4.79 Å². The average Bonchev–Trinajstić information content (AvgIpc) is 2.26. The molecule has 0 aliphatic heterocycles. The third-order valence-electron chi connectivity index (χ3n) is 2.33. The SMILES string of the molecule is CCCC(COC)NC(=O)NCC(C)C(=O)O. The Morgan fingerprint density at radius 2 is 2.06 bits per heavy atom. The van der Waals surface area contributed by atoms with Crippen LogP contribution in [0.15, 0.2) is 0 Å². The van der Waals surface area contributed by atoms with E-state index in [2.05, 4.69) is 10.6 Å². The van der Waals surface area contributed by atoms with Crippen LogP contribution in [-0.4, -0.2) is 43.4 Å². The van der Waals surface area contributed by atoms with E-state index in [1.165, 1.54) is 0 Å². The molecule has 0 spiro atoms. The van der Waals surface area contributed by atoms with Crippen molar-refractivity contribution in [1.29, 1.82) is 0 Å². The highest BCUT2D eigenvalue weighted by atomic mass is 16.5. The second-order valence-corrected chi connectivity index (χ2v) is 4.03. The zero-order valence-electron chi connectivity index (χ0n) is 10.7. The molecule has 6 nitrogen and oxygen atoms in total. The molecule has 0 bridgehead atoms. The van der Waals surface area contributed by atoms with Crippen LogP contribution in [0, 0.1) is 5.92 Å². The van der Waals surface area contributed by atoms with Crippen LogP contribution in [-0.2, 0) is 9.53 Å². The minimum absolute atomic E-state index is 0.0369. The molecule has 0 aromatic rings. The molecule has 17 heavy (non-hydrogen) atoms. The normalized spacial score (nSPS) is 13.8.